The van der Waals surface area contributed by atoms with Crippen molar-refractivity contribution in [3.8, 4) is 16.2 Å². The van der Waals surface area contributed by atoms with Crippen LogP contribution < -0.4 is 36.5 Å². The number of fused-ring (bicyclic) bond motifs is 1. The number of pyridine rings is 1. The number of thiazole rings is 1. The van der Waals surface area contributed by atoms with Crippen LogP contribution in [0, 0.1) is 19.3 Å². The molecule has 1 aliphatic carbocycles. The Balaban J connectivity index is 0.693. The van der Waals surface area contributed by atoms with Crippen LogP contribution in [0.2, 0.25) is 0 Å². The number of likely N-dealkylation sites (tertiary alicyclic amines) is 1. The van der Waals surface area contributed by atoms with Gasteiger partial charge in [-0.25, -0.2) is 9.97 Å². The van der Waals surface area contributed by atoms with Gasteiger partial charge in [0.15, 0.2) is 0 Å². The molecule has 3 atom stereocenters. The highest BCUT2D eigenvalue weighted by Gasteiger charge is 2.44. The van der Waals surface area contributed by atoms with E-state index in [4.69, 9.17) is 14.5 Å². The lowest BCUT2D eigenvalue weighted by Gasteiger charge is -2.36. The number of aliphatic hydroxyl groups excluding tert-OH is 1. The molecule has 20 heteroatoms. The fourth-order valence-electron chi connectivity index (χ4n) is 11.3. The Morgan fingerprint density at radius 2 is 1.60 bits per heavy atom. The van der Waals surface area contributed by atoms with Gasteiger partial charge in [-0.1, -0.05) is 77.6 Å². The number of hydrogen-bond acceptors (Lipinski definition) is 15. The fourth-order valence-corrected chi connectivity index (χ4v) is 12.2. The second-order valence-corrected chi connectivity index (χ2v) is 24.0. The summed E-state index contributed by atoms with van der Waals surface area (Å²) >= 11 is 1.58. The van der Waals surface area contributed by atoms with E-state index in [1.807, 2.05) is 82.0 Å². The van der Waals surface area contributed by atoms with Crippen LogP contribution in [-0.2, 0) is 30.5 Å². The van der Waals surface area contributed by atoms with Crippen molar-refractivity contribution >= 4 is 63.3 Å². The maximum Gasteiger partial charge on any atom is 0.252 e. The number of aliphatic hydroxyl groups is 1. The molecule has 2 aliphatic heterocycles. The molecule has 3 aliphatic rings. The minimum atomic E-state index is -0.891. The number of aryl methyl sites for hydroxylation is 2. The number of carbonyl (C=O) groups excluding carboxylic acids is 4. The van der Waals surface area contributed by atoms with Crippen LogP contribution in [0.5, 0.6) is 5.75 Å². The molecular formula is C61H85N11O8S. The first-order valence-electron chi connectivity index (χ1n) is 29.2. The molecule has 5 heterocycles. The largest absolute Gasteiger partial charge is 0.494 e. The monoisotopic (exact) mass is 1130 g/mol. The number of hydrogen-bond donors (Lipinski definition) is 5. The van der Waals surface area contributed by atoms with Gasteiger partial charge < -0.3 is 45.6 Å². The van der Waals surface area contributed by atoms with Crippen molar-refractivity contribution in [3.05, 3.63) is 87.4 Å². The van der Waals surface area contributed by atoms with Crippen LogP contribution in [0.25, 0.3) is 21.5 Å². The average Bonchev–Trinajstić information content (AvgIpc) is 4.14. The number of ether oxygens (including phenoxy) is 2. The van der Waals surface area contributed by atoms with Gasteiger partial charge in [0.1, 0.15) is 23.5 Å². The predicted molar refractivity (Wildman–Crippen MR) is 318 cm³/mol. The van der Waals surface area contributed by atoms with Crippen LogP contribution in [0.1, 0.15) is 134 Å². The first-order valence-corrected chi connectivity index (χ1v) is 30.1. The summed E-state index contributed by atoms with van der Waals surface area (Å²) in [6.45, 7) is 17.4. The van der Waals surface area contributed by atoms with Crippen LogP contribution in [0.15, 0.2) is 65.0 Å². The Morgan fingerprint density at radius 3 is 2.30 bits per heavy atom. The molecule has 2 saturated heterocycles. The number of aromatic nitrogens is 4. The van der Waals surface area contributed by atoms with Crippen molar-refractivity contribution in [2.45, 2.75) is 162 Å². The SMILES string of the molecule is CCC(=O)NC1CCC(n2c(=O)cc(C)c3cnc(Nc4ccc(N5CCN(CCCCCCCCOCCC(=O)N[C@@H](C(=O)N6C[C@H](O)C[C@H]6C(=O)NCc6ccc(-c7scnc7C)cc6)C(C)(C)C)CC5)cc4OC)nc32)CC1. The lowest BCUT2D eigenvalue weighted by Crippen LogP contribution is -2.57. The van der Waals surface area contributed by atoms with E-state index in [-0.39, 0.29) is 73.8 Å². The van der Waals surface area contributed by atoms with Crippen LogP contribution in [0.3, 0.4) is 0 Å². The molecule has 5 aromatic rings. The molecule has 0 spiro atoms. The summed E-state index contributed by atoms with van der Waals surface area (Å²) in [5, 5.41) is 23.8. The van der Waals surface area contributed by atoms with E-state index >= 15 is 0 Å². The van der Waals surface area contributed by atoms with Gasteiger partial charge >= 0.3 is 0 Å². The summed E-state index contributed by atoms with van der Waals surface area (Å²) in [6.07, 6.45) is 11.4. The molecule has 81 heavy (non-hydrogen) atoms. The number of β-amino-alcohol motifs (C(OH)–C–C–N with tert-alkyl or cyclic N) is 1. The Labute approximate surface area is 481 Å². The lowest BCUT2D eigenvalue weighted by atomic mass is 9.85. The summed E-state index contributed by atoms with van der Waals surface area (Å²) in [5.41, 5.74) is 7.31. The summed E-state index contributed by atoms with van der Waals surface area (Å²) in [7, 11) is 1.66. The number of amides is 4. The third-order valence-electron chi connectivity index (χ3n) is 16.1. The summed E-state index contributed by atoms with van der Waals surface area (Å²) in [5.74, 6) is 0.0978. The van der Waals surface area contributed by atoms with Crippen molar-refractivity contribution in [2.24, 2.45) is 5.41 Å². The smallest absolute Gasteiger partial charge is 0.252 e. The van der Waals surface area contributed by atoms with Gasteiger partial charge in [0, 0.05) is 107 Å². The van der Waals surface area contributed by atoms with E-state index in [0.29, 0.717) is 30.4 Å². The predicted octanol–water partition coefficient (Wildman–Crippen LogP) is 7.97. The van der Waals surface area contributed by atoms with E-state index in [0.717, 1.165) is 135 Å². The molecule has 3 fully saturated rings. The Bertz CT molecular complexity index is 2980. The molecule has 0 bridgehead atoms. The Kier molecular flexibility index (Phi) is 21.3. The number of nitrogens with zero attached hydrogens (tertiary/aromatic N) is 7. The van der Waals surface area contributed by atoms with Crippen molar-refractivity contribution in [3.63, 3.8) is 0 Å². The Hall–Kier alpha value is -6.48. The summed E-state index contributed by atoms with van der Waals surface area (Å²) in [6, 6.07) is 14.1. The first kappa shape index (κ1) is 60.6. The van der Waals surface area contributed by atoms with Crippen molar-refractivity contribution in [1.29, 1.82) is 0 Å². The van der Waals surface area contributed by atoms with Gasteiger partial charge in [0.2, 0.25) is 29.6 Å². The van der Waals surface area contributed by atoms with Gasteiger partial charge in [-0.2, -0.15) is 4.98 Å². The van der Waals surface area contributed by atoms with E-state index in [1.165, 1.54) is 11.3 Å². The molecule has 438 valence electrons. The minimum Gasteiger partial charge on any atom is -0.494 e. The fraction of sp³-hybridized carbons (Fsp3) is 0.574. The van der Waals surface area contributed by atoms with Crippen LogP contribution in [0.4, 0.5) is 17.3 Å². The zero-order valence-corrected chi connectivity index (χ0v) is 49.4. The van der Waals surface area contributed by atoms with Gasteiger partial charge in [-0.05, 0) is 93.2 Å². The molecule has 19 nitrogen and oxygen atoms in total. The topological polar surface area (TPSA) is 225 Å². The zero-order chi connectivity index (χ0) is 57.6. The third kappa shape index (κ3) is 16.2. The molecule has 4 amide bonds. The standard InChI is InChI=1S/C61H85N11O8S/c1-8-52(74)65-44-19-21-45(22-20-44)72-54(76)33-40(2)48-37-63-60(68-57(48)72)66-49-24-23-46(34-51(49)79-7)70-29-27-69(28-30-70)26-13-11-9-10-12-14-31-80-32-25-53(75)67-56(61(4,5)6)59(78)71-38-47(73)35-50(71)58(77)62-36-42-15-17-43(18-16-42)55-41(3)64-39-81-55/h15-18,23-24,33-34,37,39,44-45,47,50,56,73H,8-14,19-22,25-32,35-36,38H2,1-7H3,(H,62,77)(H,65,74)(H,67,75)(H,63,66,68)/t44?,45?,47-,50+,56+/m1/s1. The normalized spacial score (nSPS) is 19.1. The van der Waals surface area contributed by atoms with E-state index in [9.17, 15) is 29.1 Å². The van der Waals surface area contributed by atoms with Crippen LogP contribution >= 0.6 is 11.3 Å². The molecule has 1 saturated carbocycles. The van der Waals surface area contributed by atoms with Crippen molar-refractivity contribution in [1.82, 2.24) is 45.3 Å². The number of unbranched alkanes of at least 4 members (excludes halogenated alkanes) is 5. The highest BCUT2D eigenvalue weighted by Crippen LogP contribution is 2.35. The molecule has 0 radical (unpaired) electrons. The molecule has 0 unspecified atom stereocenters. The molecule has 3 aromatic heterocycles. The number of nitrogens with one attached hydrogen (secondary N) is 4. The second-order valence-electron chi connectivity index (χ2n) is 23.2. The van der Waals surface area contributed by atoms with Gasteiger partial charge in [-0.3, -0.25) is 33.4 Å². The average molecular weight is 1130 g/mol. The van der Waals surface area contributed by atoms with Crippen LogP contribution in [-0.4, -0.2) is 142 Å². The number of methoxy groups -OCH3 is 1. The van der Waals surface area contributed by atoms with Crippen molar-refractivity contribution in [2.75, 3.05) is 69.8 Å². The van der Waals surface area contributed by atoms with Gasteiger partial charge in [0.25, 0.3) is 5.56 Å². The summed E-state index contributed by atoms with van der Waals surface area (Å²) in [4.78, 5) is 87.5. The van der Waals surface area contributed by atoms with Crippen molar-refractivity contribution < 1.29 is 33.8 Å². The molecule has 5 N–H and O–H groups in total. The number of benzene rings is 2. The number of piperazine rings is 1. The third-order valence-corrected chi connectivity index (χ3v) is 17.1. The Morgan fingerprint density at radius 1 is 0.877 bits per heavy atom. The van der Waals surface area contributed by atoms with E-state index < -0.39 is 23.6 Å². The highest BCUT2D eigenvalue weighted by atomic mass is 32.1. The zero-order valence-electron chi connectivity index (χ0n) is 48.6. The van der Waals surface area contributed by atoms with Gasteiger partial charge in [-0.15, -0.1) is 11.3 Å². The highest BCUT2D eigenvalue weighted by molar-refractivity contribution is 7.13. The summed E-state index contributed by atoms with van der Waals surface area (Å²) < 4.78 is 13.5. The van der Waals surface area contributed by atoms with Gasteiger partial charge in [0.05, 0.1) is 41.6 Å². The lowest BCUT2D eigenvalue weighted by molar-refractivity contribution is -0.144. The first-order chi connectivity index (χ1) is 39.0. The number of carbonyl (C=O) groups is 4. The van der Waals surface area contributed by atoms with E-state index in [1.54, 1.807) is 30.7 Å². The molecule has 8 rings (SSSR count). The second kappa shape index (κ2) is 28.5. The quantitative estimate of drug-likeness (QED) is 0.0350. The maximum atomic E-state index is 14.0. The molecule has 2 aromatic carbocycles. The number of rotatable bonds is 25. The number of anilines is 3. The maximum absolute atomic E-state index is 14.0. The minimum absolute atomic E-state index is 0.0179. The van der Waals surface area contributed by atoms with E-state index in [2.05, 4.69) is 53.2 Å². The molecular weight excluding hydrogens is 1050 g/mol.